The maximum absolute atomic E-state index is 10.8. The van der Waals surface area contributed by atoms with Crippen molar-refractivity contribution in [2.75, 3.05) is 5.88 Å². The van der Waals surface area contributed by atoms with Crippen molar-refractivity contribution < 1.29 is 10.0 Å². The van der Waals surface area contributed by atoms with Gasteiger partial charge in [-0.15, -0.1) is 11.6 Å². The number of aliphatic hydroxyl groups is 1. The predicted octanol–water partition coefficient (Wildman–Crippen LogP) is 1.30. The molecule has 0 aliphatic carbocycles. The molecule has 0 saturated heterocycles. The van der Waals surface area contributed by atoms with E-state index in [1.165, 1.54) is 4.57 Å². The summed E-state index contributed by atoms with van der Waals surface area (Å²) < 4.78 is 1.67. The van der Waals surface area contributed by atoms with Gasteiger partial charge in [0.1, 0.15) is 12.6 Å². The van der Waals surface area contributed by atoms with E-state index in [2.05, 4.69) is 4.98 Å². The molecule has 0 amide bonds. The van der Waals surface area contributed by atoms with Crippen LogP contribution in [0, 0.1) is 20.7 Å². The third kappa shape index (κ3) is 2.79. The lowest BCUT2D eigenvalue weighted by atomic mass is 10.4. The third-order valence-electron chi connectivity index (χ3n) is 1.84. The van der Waals surface area contributed by atoms with E-state index in [0.29, 0.717) is 9.53 Å². The summed E-state index contributed by atoms with van der Waals surface area (Å²) in [6, 6.07) is 0. The topological polar surface area (TPSA) is 81.2 Å². The van der Waals surface area contributed by atoms with E-state index in [1.54, 1.807) is 29.5 Å². The Labute approximate surface area is 105 Å². The first-order valence-corrected chi connectivity index (χ1v) is 5.69. The number of hydrogen-bond acceptors (Lipinski definition) is 4. The van der Waals surface area contributed by atoms with Gasteiger partial charge in [-0.05, 0) is 27.5 Å². The van der Waals surface area contributed by atoms with Gasteiger partial charge in [0.15, 0.2) is 9.53 Å². The zero-order valence-corrected chi connectivity index (χ0v) is 10.8. The lowest BCUT2D eigenvalue weighted by molar-refractivity contribution is -0.393. The number of aromatic nitrogens is 2. The zero-order valence-electron chi connectivity index (χ0n) is 7.85. The van der Waals surface area contributed by atoms with E-state index in [0.717, 1.165) is 0 Å². The van der Waals surface area contributed by atoms with E-state index < -0.39 is 11.0 Å². The van der Waals surface area contributed by atoms with Crippen LogP contribution in [0.15, 0.2) is 0 Å². The van der Waals surface area contributed by atoms with Crippen LogP contribution in [0.5, 0.6) is 0 Å². The van der Waals surface area contributed by atoms with Gasteiger partial charge in [0.2, 0.25) is 0 Å². The van der Waals surface area contributed by atoms with Gasteiger partial charge in [0.05, 0.1) is 5.88 Å². The molecule has 1 rings (SSSR count). The van der Waals surface area contributed by atoms with Crippen LogP contribution in [0.3, 0.4) is 0 Å². The summed E-state index contributed by atoms with van der Waals surface area (Å²) >= 11 is 7.23. The first-order chi connectivity index (χ1) is 6.97. The first-order valence-electron chi connectivity index (χ1n) is 4.08. The van der Waals surface area contributed by atoms with Crippen LogP contribution in [0.4, 0.5) is 5.82 Å². The predicted molar refractivity (Wildman–Crippen MR) is 63.1 cm³/mol. The maximum atomic E-state index is 10.8. The molecule has 1 heterocycles. The molecule has 1 aromatic rings. The lowest BCUT2D eigenvalue weighted by Gasteiger charge is -2.06. The summed E-state index contributed by atoms with van der Waals surface area (Å²) in [5, 5.41) is 20.1. The molecule has 1 atom stereocenters. The minimum atomic E-state index is -0.811. The van der Waals surface area contributed by atoms with Crippen molar-refractivity contribution in [2.24, 2.45) is 0 Å². The van der Waals surface area contributed by atoms with Crippen molar-refractivity contribution in [1.82, 2.24) is 9.55 Å². The molecule has 84 valence electrons. The average molecular weight is 346 g/mol. The number of aryl methyl sites for hydroxylation is 1. The zero-order chi connectivity index (χ0) is 11.6. The molecule has 0 saturated carbocycles. The minimum absolute atomic E-state index is 0.0331. The second kappa shape index (κ2) is 5.08. The van der Waals surface area contributed by atoms with Crippen molar-refractivity contribution in [3.05, 3.63) is 19.6 Å². The van der Waals surface area contributed by atoms with Gasteiger partial charge in [-0.1, -0.05) is 0 Å². The van der Waals surface area contributed by atoms with E-state index in [1.807, 2.05) is 0 Å². The highest BCUT2D eigenvalue weighted by atomic mass is 127. The fourth-order valence-electron chi connectivity index (χ4n) is 1.17. The van der Waals surface area contributed by atoms with Gasteiger partial charge in [-0.3, -0.25) is 0 Å². The number of rotatable bonds is 4. The van der Waals surface area contributed by atoms with E-state index in [9.17, 15) is 15.2 Å². The number of aliphatic hydroxyl groups excluding tert-OH is 1. The second-order valence-electron chi connectivity index (χ2n) is 2.95. The summed E-state index contributed by atoms with van der Waals surface area (Å²) in [5.41, 5.74) is 0. The Morgan fingerprint density at radius 2 is 2.40 bits per heavy atom. The Morgan fingerprint density at radius 3 is 2.87 bits per heavy atom. The summed E-state index contributed by atoms with van der Waals surface area (Å²) in [6.45, 7) is 1.73. The number of alkyl halides is 1. The van der Waals surface area contributed by atoms with E-state index in [-0.39, 0.29) is 18.2 Å². The monoisotopic (exact) mass is 345 g/mol. The molecular formula is C7H9ClIN3O3. The summed E-state index contributed by atoms with van der Waals surface area (Å²) in [7, 11) is 0. The van der Waals surface area contributed by atoms with Crippen molar-refractivity contribution in [3.63, 3.8) is 0 Å². The van der Waals surface area contributed by atoms with Crippen LogP contribution >= 0.6 is 34.2 Å². The van der Waals surface area contributed by atoms with Gasteiger partial charge < -0.3 is 15.2 Å². The Morgan fingerprint density at radius 1 is 1.80 bits per heavy atom. The lowest BCUT2D eigenvalue weighted by Crippen LogP contribution is -2.19. The van der Waals surface area contributed by atoms with Gasteiger partial charge in [0, 0.05) is 6.92 Å². The number of imidazole rings is 1. The minimum Gasteiger partial charge on any atom is -0.388 e. The molecule has 0 aliphatic heterocycles. The third-order valence-corrected chi connectivity index (χ3v) is 2.92. The molecule has 0 radical (unpaired) electrons. The van der Waals surface area contributed by atoms with Crippen LogP contribution in [-0.4, -0.2) is 31.6 Å². The molecule has 0 spiro atoms. The van der Waals surface area contributed by atoms with Crippen LogP contribution in [0.25, 0.3) is 0 Å². The van der Waals surface area contributed by atoms with Crippen LogP contribution in [-0.2, 0) is 6.54 Å². The first kappa shape index (κ1) is 12.7. The standard InChI is InChI=1S/C7H9ClIN3O3/c1-4-10-6(9)7(12(14)15)11(4)3-5(13)2-8/h5,13H,2-3H2,1H3. The van der Waals surface area contributed by atoms with Gasteiger partial charge in [-0.2, -0.15) is 4.98 Å². The molecule has 1 unspecified atom stereocenters. The molecule has 1 N–H and O–H groups in total. The summed E-state index contributed by atoms with van der Waals surface area (Å²) in [6.07, 6.45) is -0.811. The van der Waals surface area contributed by atoms with Crippen LogP contribution < -0.4 is 0 Å². The highest BCUT2D eigenvalue weighted by Crippen LogP contribution is 2.22. The largest absolute Gasteiger partial charge is 0.388 e. The van der Waals surface area contributed by atoms with Crippen molar-refractivity contribution in [2.45, 2.75) is 19.6 Å². The van der Waals surface area contributed by atoms with Crippen LogP contribution in [0.2, 0.25) is 0 Å². The van der Waals surface area contributed by atoms with Crippen molar-refractivity contribution in [1.29, 1.82) is 0 Å². The average Bonchev–Trinajstić information content (AvgIpc) is 2.41. The number of nitrogens with zero attached hydrogens (tertiary/aromatic N) is 3. The smallest absolute Gasteiger partial charge is 0.356 e. The SMILES string of the molecule is Cc1nc(I)c([N+](=O)[O-])n1CC(O)CCl. The highest BCUT2D eigenvalue weighted by Gasteiger charge is 2.25. The summed E-state index contributed by atoms with van der Waals surface area (Å²) in [4.78, 5) is 14.2. The van der Waals surface area contributed by atoms with Gasteiger partial charge in [0.25, 0.3) is 0 Å². The molecule has 0 bridgehead atoms. The Kier molecular flexibility index (Phi) is 4.29. The molecule has 0 fully saturated rings. The normalized spacial score (nSPS) is 12.8. The van der Waals surface area contributed by atoms with Gasteiger partial charge in [-0.25, -0.2) is 4.57 Å². The molecule has 15 heavy (non-hydrogen) atoms. The fourth-order valence-corrected chi connectivity index (χ4v) is 2.10. The quantitative estimate of drug-likeness (QED) is 0.386. The van der Waals surface area contributed by atoms with Crippen molar-refractivity contribution >= 4 is 40.0 Å². The molecule has 6 nitrogen and oxygen atoms in total. The number of nitro groups is 1. The maximum Gasteiger partial charge on any atom is 0.356 e. The molecule has 1 aromatic heterocycles. The molecule has 8 heteroatoms. The second-order valence-corrected chi connectivity index (χ2v) is 4.28. The van der Waals surface area contributed by atoms with E-state index in [4.69, 9.17) is 11.6 Å². The molecular weight excluding hydrogens is 336 g/mol. The van der Waals surface area contributed by atoms with E-state index >= 15 is 0 Å². The number of halogens is 2. The Bertz CT molecular complexity index is 382. The fraction of sp³-hybridized carbons (Fsp3) is 0.571. The Balaban J connectivity index is 3.09. The summed E-state index contributed by atoms with van der Waals surface area (Å²) in [5.74, 6) is 0.429. The Hall–Kier alpha value is -0.410. The van der Waals surface area contributed by atoms with Crippen molar-refractivity contribution in [3.8, 4) is 0 Å². The number of hydrogen-bond donors (Lipinski definition) is 1. The molecule has 0 aromatic carbocycles. The van der Waals surface area contributed by atoms with Gasteiger partial charge >= 0.3 is 5.82 Å². The van der Waals surface area contributed by atoms with Crippen LogP contribution in [0.1, 0.15) is 5.82 Å². The highest BCUT2D eigenvalue weighted by molar-refractivity contribution is 14.1. The molecule has 0 aliphatic rings.